The Morgan fingerprint density at radius 1 is 1.47 bits per heavy atom. The molecule has 0 N–H and O–H groups in total. The van der Waals surface area contributed by atoms with Crippen molar-refractivity contribution in [3.8, 4) is 0 Å². The summed E-state index contributed by atoms with van der Waals surface area (Å²) < 4.78 is 23.5. The third kappa shape index (κ3) is 3.09. The van der Waals surface area contributed by atoms with Crippen molar-refractivity contribution in [1.82, 2.24) is 14.9 Å². The number of piperidine rings is 1. The summed E-state index contributed by atoms with van der Waals surface area (Å²) in [5, 5.41) is 0. The van der Waals surface area contributed by atoms with Gasteiger partial charge in [-0.25, -0.2) is 18.4 Å². The molecule has 0 saturated carbocycles. The van der Waals surface area contributed by atoms with Crippen LogP contribution in [0.2, 0.25) is 0 Å². The summed E-state index contributed by atoms with van der Waals surface area (Å²) >= 11 is 0. The van der Waals surface area contributed by atoms with E-state index in [1.54, 1.807) is 4.90 Å². The lowest BCUT2D eigenvalue weighted by atomic mass is 9.94. The fraction of sp³-hybridized carbons (Fsp3) is 0.583. The third-order valence-corrected chi connectivity index (χ3v) is 4.47. The highest BCUT2D eigenvalue weighted by Crippen LogP contribution is 2.29. The van der Waals surface area contributed by atoms with Crippen molar-refractivity contribution in [2.24, 2.45) is 0 Å². The number of amides is 1. The average Bonchev–Trinajstić information content (AvgIpc) is 2.38. The second-order valence-corrected chi connectivity index (χ2v) is 6.83. The summed E-state index contributed by atoms with van der Waals surface area (Å²) in [6.45, 7) is 2.78. The van der Waals surface area contributed by atoms with Crippen LogP contribution in [-0.2, 0) is 14.6 Å². The van der Waals surface area contributed by atoms with Gasteiger partial charge in [-0.1, -0.05) is 0 Å². The second-order valence-electron chi connectivity index (χ2n) is 4.85. The molecular formula is C12H17N3O3S. The van der Waals surface area contributed by atoms with Crippen molar-refractivity contribution in [2.45, 2.75) is 30.6 Å². The molecule has 1 aliphatic heterocycles. The molecule has 104 valence electrons. The Hall–Kier alpha value is -1.50. The van der Waals surface area contributed by atoms with E-state index < -0.39 is 9.84 Å². The number of carbonyl (C=O) groups excluding carboxylic acids is 1. The number of nitrogens with zero attached hydrogens (tertiary/aromatic N) is 3. The van der Waals surface area contributed by atoms with E-state index >= 15 is 0 Å². The van der Waals surface area contributed by atoms with Crippen molar-refractivity contribution < 1.29 is 13.2 Å². The van der Waals surface area contributed by atoms with E-state index in [9.17, 15) is 13.2 Å². The minimum absolute atomic E-state index is 0.0136. The minimum atomic E-state index is -3.35. The van der Waals surface area contributed by atoms with Crippen LogP contribution in [0.5, 0.6) is 0 Å². The molecule has 0 spiro atoms. The van der Waals surface area contributed by atoms with Gasteiger partial charge in [0.1, 0.15) is 11.2 Å². The molecule has 2 rings (SSSR count). The lowest BCUT2D eigenvalue weighted by molar-refractivity contribution is -0.130. The smallest absolute Gasteiger partial charge is 0.219 e. The largest absolute Gasteiger partial charge is 0.342 e. The van der Waals surface area contributed by atoms with Gasteiger partial charge in [-0.05, 0) is 12.8 Å². The molecule has 0 aromatic carbocycles. The van der Waals surface area contributed by atoms with Gasteiger partial charge in [-0.15, -0.1) is 0 Å². The van der Waals surface area contributed by atoms with Crippen LogP contribution in [0.25, 0.3) is 0 Å². The van der Waals surface area contributed by atoms with Crippen LogP contribution in [0.4, 0.5) is 0 Å². The summed E-state index contributed by atoms with van der Waals surface area (Å²) in [5.74, 6) is -0.0231. The summed E-state index contributed by atoms with van der Waals surface area (Å²) in [5.41, 5.74) is 0.531. The van der Waals surface area contributed by atoms with Gasteiger partial charge in [-0.3, -0.25) is 4.79 Å². The Balaban J connectivity index is 2.34. The molecule has 1 fully saturated rings. The van der Waals surface area contributed by atoms with Crippen molar-refractivity contribution >= 4 is 15.7 Å². The maximum atomic E-state index is 11.8. The molecule has 2 heterocycles. The van der Waals surface area contributed by atoms with Gasteiger partial charge in [0.05, 0.1) is 5.69 Å². The van der Waals surface area contributed by atoms with E-state index in [1.165, 1.54) is 19.4 Å². The van der Waals surface area contributed by atoms with Crippen LogP contribution in [0.15, 0.2) is 17.4 Å². The van der Waals surface area contributed by atoms with Crippen molar-refractivity contribution in [3.63, 3.8) is 0 Å². The fourth-order valence-electron chi connectivity index (χ4n) is 2.40. The van der Waals surface area contributed by atoms with Gasteiger partial charge >= 0.3 is 0 Å². The van der Waals surface area contributed by atoms with Gasteiger partial charge in [-0.2, -0.15) is 0 Å². The summed E-state index contributed by atoms with van der Waals surface area (Å²) in [4.78, 5) is 21.3. The topological polar surface area (TPSA) is 80.2 Å². The van der Waals surface area contributed by atoms with Gasteiger partial charge in [0.15, 0.2) is 9.84 Å². The predicted octanol–water partition coefficient (Wildman–Crippen LogP) is 0.606. The van der Waals surface area contributed by atoms with Crippen LogP contribution in [-0.4, -0.2) is 48.5 Å². The molecule has 1 aromatic rings. The van der Waals surface area contributed by atoms with Crippen LogP contribution in [0, 0.1) is 0 Å². The first kappa shape index (κ1) is 13.9. The average molecular weight is 283 g/mol. The predicted molar refractivity (Wildman–Crippen MR) is 69.4 cm³/mol. The molecule has 19 heavy (non-hydrogen) atoms. The Labute approximate surface area is 112 Å². The molecule has 0 unspecified atom stereocenters. The Morgan fingerprint density at radius 2 is 2.21 bits per heavy atom. The molecule has 1 aromatic heterocycles. The molecule has 0 bridgehead atoms. The monoisotopic (exact) mass is 283 g/mol. The molecule has 1 saturated heterocycles. The zero-order chi connectivity index (χ0) is 14.0. The number of hydrogen-bond acceptors (Lipinski definition) is 5. The molecule has 1 aliphatic rings. The van der Waals surface area contributed by atoms with Crippen molar-refractivity contribution in [2.75, 3.05) is 19.3 Å². The van der Waals surface area contributed by atoms with Crippen LogP contribution < -0.4 is 0 Å². The van der Waals surface area contributed by atoms with Gasteiger partial charge in [0.25, 0.3) is 0 Å². The molecule has 6 nitrogen and oxygen atoms in total. The summed E-state index contributed by atoms with van der Waals surface area (Å²) in [7, 11) is -3.35. The number of sulfone groups is 1. The lowest BCUT2D eigenvalue weighted by Crippen LogP contribution is -2.38. The van der Waals surface area contributed by atoms with E-state index in [1.807, 2.05) is 0 Å². The Morgan fingerprint density at radius 3 is 2.84 bits per heavy atom. The van der Waals surface area contributed by atoms with E-state index in [-0.39, 0.29) is 16.7 Å². The highest BCUT2D eigenvalue weighted by molar-refractivity contribution is 7.90. The number of hydrogen-bond donors (Lipinski definition) is 0. The van der Waals surface area contributed by atoms with Gasteiger partial charge in [0.2, 0.25) is 5.91 Å². The third-order valence-electron chi connectivity index (χ3n) is 3.36. The van der Waals surface area contributed by atoms with Crippen molar-refractivity contribution in [1.29, 1.82) is 0 Å². The number of rotatable bonds is 2. The minimum Gasteiger partial charge on any atom is -0.342 e. The normalized spacial score (nSPS) is 20.3. The SMILES string of the molecule is CC(=O)N1CCC[C@@H](c2ncncc2S(C)(=O)=O)C1. The Bertz CT molecular complexity index is 586. The maximum Gasteiger partial charge on any atom is 0.219 e. The molecule has 1 amide bonds. The van der Waals surface area contributed by atoms with Crippen LogP contribution in [0.1, 0.15) is 31.4 Å². The first-order valence-electron chi connectivity index (χ1n) is 6.15. The van der Waals surface area contributed by atoms with E-state index in [0.29, 0.717) is 12.2 Å². The second kappa shape index (κ2) is 5.24. The first-order valence-corrected chi connectivity index (χ1v) is 8.04. The summed E-state index contributed by atoms with van der Waals surface area (Å²) in [6.07, 6.45) is 5.54. The zero-order valence-corrected chi connectivity index (χ0v) is 11.9. The van der Waals surface area contributed by atoms with Crippen LogP contribution >= 0.6 is 0 Å². The Kier molecular flexibility index (Phi) is 3.84. The zero-order valence-electron chi connectivity index (χ0n) is 11.0. The number of likely N-dealkylation sites (tertiary alicyclic amines) is 1. The molecule has 7 heteroatoms. The lowest BCUT2D eigenvalue weighted by Gasteiger charge is -2.32. The van der Waals surface area contributed by atoms with Crippen LogP contribution in [0.3, 0.4) is 0 Å². The molecule has 0 aliphatic carbocycles. The fourth-order valence-corrected chi connectivity index (χ4v) is 3.26. The molecule has 0 radical (unpaired) electrons. The van der Waals surface area contributed by atoms with E-state index in [4.69, 9.17) is 0 Å². The molecule has 1 atom stereocenters. The first-order chi connectivity index (χ1) is 8.89. The standard InChI is InChI=1S/C12H17N3O3S/c1-9(16)15-5-3-4-10(7-15)12-11(19(2,17)18)6-13-8-14-12/h6,8,10H,3-5,7H2,1-2H3/t10-/m1/s1. The highest BCUT2D eigenvalue weighted by atomic mass is 32.2. The van der Waals surface area contributed by atoms with E-state index in [0.717, 1.165) is 25.6 Å². The van der Waals surface area contributed by atoms with Gasteiger partial charge in [0, 0.05) is 38.4 Å². The van der Waals surface area contributed by atoms with E-state index in [2.05, 4.69) is 9.97 Å². The number of carbonyl (C=O) groups is 1. The highest BCUT2D eigenvalue weighted by Gasteiger charge is 2.28. The van der Waals surface area contributed by atoms with Gasteiger partial charge < -0.3 is 4.90 Å². The summed E-state index contributed by atoms with van der Waals surface area (Å²) in [6, 6.07) is 0. The molecular weight excluding hydrogens is 266 g/mol. The maximum absolute atomic E-state index is 11.8. The quantitative estimate of drug-likeness (QED) is 0.794. The number of aromatic nitrogens is 2. The van der Waals surface area contributed by atoms with Crippen molar-refractivity contribution in [3.05, 3.63) is 18.2 Å².